The molecule has 108 valence electrons. The van der Waals surface area contributed by atoms with Crippen LogP contribution in [0.1, 0.15) is 40.5 Å². The molecule has 2 atom stereocenters. The number of nitrogens with zero attached hydrogens (tertiary/aromatic N) is 1. The van der Waals surface area contributed by atoms with E-state index in [-0.39, 0.29) is 0 Å². The van der Waals surface area contributed by atoms with Crippen LogP contribution in [0.2, 0.25) is 0 Å². The van der Waals surface area contributed by atoms with Crippen molar-refractivity contribution in [3.8, 4) is 0 Å². The molecular formula is C15H32N2O. The minimum absolute atomic E-state index is 0.598. The van der Waals surface area contributed by atoms with Crippen LogP contribution in [-0.2, 0) is 4.74 Å². The summed E-state index contributed by atoms with van der Waals surface area (Å²) in [6.45, 7) is 15.5. The van der Waals surface area contributed by atoms with Gasteiger partial charge in [-0.15, -0.1) is 0 Å². The van der Waals surface area contributed by atoms with Gasteiger partial charge < -0.3 is 10.1 Å². The number of likely N-dealkylation sites (tertiary alicyclic amines) is 1. The molecule has 0 radical (unpaired) electrons. The summed E-state index contributed by atoms with van der Waals surface area (Å²) in [4.78, 5) is 2.64. The second-order valence-electron chi connectivity index (χ2n) is 5.82. The van der Waals surface area contributed by atoms with Gasteiger partial charge in [0.05, 0.1) is 6.61 Å². The fourth-order valence-corrected chi connectivity index (χ4v) is 2.77. The van der Waals surface area contributed by atoms with Crippen LogP contribution in [0.3, 0.4) is 0 Å². The highest BCUT2D eigenvalue weighted by atomic mass is 16.5. The second-order valence-corrected chi connectivity index (χ2v) is 5.82. The van der Waals surface area contributed by atoms with Crippen molar-refractivity contribution in [1.82, 2.24) is 10.2 Å². The van der Waals surface area contributed by atoms with E-state index < -0.39 is 0 Å². The lowest BCUT2D eigenvalue weighted by Crippen LogP contribution is -2.41. The topological polar surface area (TPSA) is 24.5 Å². The highest BCUT2D eigenvalue weighted by Gasteiger charge is 2.29. The average molecular weight is 256 g/mol. The molecular weight excluding hydrogens is 224 g/mol. The minimum atomic E-state index is 0.598. The summed E-state index contributed by atoms with van der Waals surface area (Å²) in [5.74, 6) is 1.51. The third kappa shape index (κ3) is 5.25. The predicted molar refractivity (Wildman–Crippen MR) is 78.0 cm³/mol. The third-order valence-electron chi connectivity index (χ3n) is 3.91. The first kappa shape index (κ1) is 15.9. The predicted octanol–water partition coefficient (Wildman–Crippen LogP) is 2.37. The van der Waals surface area contributed by atoms with Gasteiger partial charge in [-0.05, 0) is 51.2 Å². The summed E-state index contributed by atoms with van der Waals surface area (Å²) < 4.78 is 5.65. The standard InChI is InChI=1S/C15H32N2O/c1-5-8-16-10-14-7-9-17(11-14)15(13(3)4)12-18-6-2/h13-16H,5-12H2,1-4H3. The molecule has 0 aromatic rings. The van der Waals surface area contributed by atoms with Gasteiger partial charge in [-0.2, -0.15) is 0 Å². The Balaban J connectivity index is 2.32. The number of nitrogens with one attached hydrogen (secondary N) is 1. The van der Waals surface area contributed by atoms with Crippen molar-refractivity contribution in [1.29, 1.82) is 0 Å². The summed E-state index contributed by atoms with van der Waals surface area (Å²) in [6, 6.07) is 0.598. The zero-order valence-electron chi connectivity index (χ0n) is 12.7. The van der Waals surface area contributed by atoms with Gasteiger partial charge in [-0.25, -0.2) is 0 Å². The maximum absolute atomic E-state index is 5.65. The summed E-state index contributed by atoms with van der Waals surface area (Å²) in [5, 5.41) is 3.55. The molecule has 3 heteroatoms. The smallest absolute Gasteiger partial charge is 0.0624 e. The molecule has 1 aliphatic heterocycles. The first-order valence-electron chi connectivity index (χ1n) is 7.71. The van der Waals surface area contributed by atoms with E-state index >= 15 is 0 Å². The molecule has 1 fully saturated rings. The highest BCUT2D eigenvalue weighted by Crippen LogP contribution is 2.22. The Bertz CT molecular complexity index is 209. The molecule has 0 spiro atoms. The van der Waals surface area contributed by atoms with E-state index in [2.05, 4.69) is 37.9 Å². The monoisotopic (exact) mass is 256 g/mol. The van der Waals surface area contributed by atoms with Crippen molar-refractivity contribution in [2.45, 2.75) is 46.6 Å². The van der Waals surface area contributed by atoms with Gasteiger partial charge in [0.15, 0.2) is 0 Å². The molecule has 18 heavy (non-hydrogen) atoms. The molecule has 1 heterocycles. The van der Waals surface area contributed by atoms with Crippen molar-refractivity contribution in [2.24, 2.45) is 11.8 Å². The number of ether oxygens (including phenoxy) is 1. The molecule has 0 saturated carbocycles. The van der Waals surface area contributed by atoms with Gasteiger partial charge in [-0.3, -0.25) is 4.90 Å². The Labute approximate surface area is 113 Å². The maximum atomic E-state index is 5.65. The zero-order valence-corrected chi connectivity index (χ0v) is 12.7. The van der Waals surface area contributed by atoms with Crippen LogP contribution in [0.25, 0.3) is 0 Å². The van der Waals surface area contributed by atoms with Crippen LogP contribution < -0.4 is 5.32 Å². The lowest BCUT2D eigenvalue weighted by atomic mass is 10.0. The van der Waals surface area contributed by atoms with Crippen LogP contribution >= 0.6 is 0 Å². The van der Waals surface area contributed by atoms with Crippen molar-refractivity contribution in [2.75, 3.05) is 39.4 Å². The van der Waals surface area contributed by atoms with Gasteiger partial charge >= 0.3 is 0 Å². The van der Waals surface area contributed by atoms with Crippen molar-refractivity contribution < 1.29 is 4.74 Å². The fraction of sp³-hybridized carbons (Fsp3) is 1.00. The fourth-order valence-electron chi connectivity index (χ4n) is 2.77. The molecule has 2 unspecified atom stereocenters. The normalized spacial score (nSPS) is 22.8. The van der Waals surface area contributed by atoms with Crippen LogP contribution in [0, 0.1) is 11.8 Å². The number of hydrogen-bond acceptors (Lipinski definition) is 3. The third-order valence-corrected chi connectivity index (χ3v) is 3.91. The van der Waals surface area contributed by atoms with Gasteiger partial charge in [0, 0.05) is 19.2 Å². The van der Waals surface area contributed by atoms with Gasteiger partial charge in [0.2, 0.25) is 0 Å². The quantitative estimate of drug-likeness (QED) is 0.641. The molecule has 1 saturated heterocycles. The first-order valence-corrected chi connectivity index (χ1v) is 7.71. The van der Waals surface area contributed by atoms with Crippen LogP contribution in [0.5, 0.6) is 0 Å². The van der Waals surface area contributed by atoms with Gasteiger partial charge in [0.25, 0.3) is 0 Å². The summed E-state index contributed by atoms with van der Waals surface area (Å²) >= 11 is 0. The van der Waals surface area contributed by atoms with Crippen molar-refractivity contribution in [3.05, 3.63) is 0 Å². The summed E-state index contributed by atoms with van der Waals surface area (Å²) in [7, 11) is 0. The summed E-state index contributed by atoms with van der Waals surface area (Å²) in [6.07, 6.45) is 2.57. The number of hydrogen-bond donors (Lipinski definition) is 1. The number of rotatable bonds is 9. The molecule has 0 bridgehead atoms. The van der Waals surface area contributed by atoms with Crippen molar-refractivity contribution >= 4 is 0 Å². The summed E-state index contributed by atoms with van der Waals surface area (Å²) in [5.41, 5.74) is 0. The first-order chi connectivity index (χ1) is 8.69. The Hall–Kier alpha value is -0.120. The average Bonchev–Trinajstić information content (AvgIpc) is 2.78. The second kappa shape index (κ2) is 8.89. The van der Waals surface area contributed by atoms with E-state index in [1.807, 2.05) is 0 Å². The molecule has 1 N–H and O–H groups in total. The molecule has 1 rings (SSSR count). The van der Waals surface area contributed by atoms with E-state index in [0.717, 1.165) is 25.7 Å². The zero-order chi connectivity index (χ0) is 13.4. The van der Waals surface area contributed by atoms with Crippen LogP contribution in [0.4, 0.5) is 0 Å². The van der Waals surface area contributed by atoms with E-state index in [1.165, 1.54) is 32.5 Å². The highest BCUT2D eigenvalue weighted by molar-refractivity contribution is 4.84. The van der Waals surface area contributed by atoms with Gasteiger partial charge in [-0.1, -0.05) is 20.8 Å². The van der Waals surface area contributed by atoms with Gasteiger partial charge in [0.1, 0.15) is 0 Å². The van der Waals surface area contributed by atoms with E-state index in [9.17, 15) is 0 Å². The van der Waals surface area contributed by atoms with E-state index in [1.54, 1.807) is 0 Å². The lowest BCUT2D eigenvalue weighted by Gasteiger charge is -2.31. The Morgan fingerprint density at radius 1 is 1.33 bits per heavy atom. The Kier molecular flexibility index (Phi) is 7.87. The van der Waals surface area contributed by atoms with Crippen LogP contribution in [0.15, 0.2) is 0 Å². The van der Waals surface area contributed by atoms with Crippen LogP contribution in [-0.4, -0.2) is 50.3 Å². The van der Waals surface area contributed by atoms with E-state index in [0.29, 0.717) is 12.0 Å². The minimum Gasteiger partial charge on any atom is -0.380 e. The molecule has 0 amide bonds. The molecule has 0 aromatic heterocycles. The Morgan fingerprint density at radius 3 is 2.72 bits per heavy atom. The molecule has 0 aliphatic carbocycles. The van der Waals surface area contributed by atoms with E-state index in [4.69, 9.17) is 4.74 Å². The molecule has 1 aliphatic rings. The molecule has 3 nitrogen and oxygen atoms in total. The maximum Gasteiger partial charge on any atom is 0.0624 e. The lowest BCUT2D eigenvalue weighted by molar-refractivity contribution is 0.0540. The SMILES string of the molecule is CCCNCC1CCN(C(COCC)C(C)C)C1. The Morgan fingerprint density at radius 2 is 2.11 bits per heavy atom. The van der Waals surface area contributed by atoms with Crippen molar-refractivity contribution in [3.63, 3.8) is 0 Å². The molecule has 0 aromatic carbocycles. The largest absolute Gasteiger partial charge is 0.380 e.